The summed E-state index contributed by atoms with van der Waals surface area (Å²) < 4.78 is 18.0. The van der Waals surface area contributed by atoms with Gasteiger partial charge >= 0.3 is 5.97 Å². The topological polar surface area (TPSA) is 76.2 Å². The van der Waals surface area contributed by atoms with Crippen molar-refractivity contribution in [2.45, 2.75) is 33.1 Å². The van der Waals surface area contributed by atoms with Gasteiger partial charge in [0.1, 0.15) is 5.82 Å². The van der Waals surface area contributed by atoms with Crippen LogP contribution in [0.3, 0.4) is 0 Å². The molecule has 0 aliphatic heterocycles. The van der Waals surface area contributed by atoms with Crippen LogP contribution in [0.4, 0.5) is 4.39 Å². The maximum absolute atomic E-state index is 12.9. The molecule has 21 heavy (non-hydrogen) atoms. The number of aromatic nitrogens is 2. The van der Waals surface area contributed by atoms with Gasteiger partial charge in [-0.3, -0.25) is 4.79 Å². The van der Waals surface area contributed by atoms with Gasteiger partial charge in [-0.05, 0) is 37.1 Å². The highest BCUT2D eigenvalue weighted by Gasteiger charge is 2.37. The summed E-state index contributed by atoms with van der Waals surface area (Å²) in [7, 11) is 0. The average molecular weight is 292 g/mol. The number of carboxylic acid groups (broad SMARTS) is 1. The van der Waals surface area contributed by atoms with Crippen LogP contribution in [0.1, 0.15) is 32.6 Å². The van der Waals surface area contributed by atoms with Gasteiger partial charge < -0.3 is 9.63 Å². The van der Waals surface area contributed by atoms with Crippen molar-refractivity contribution in [2.75, 3.05) is 0 Å². The van der Waals surface area contributed by atoms with E-state index in [4.69, 9.17) is 4.52 Å². The Morgan fingerprint density at radius 2 is 1.90 bits per heavy atom. The predicted octanol–water partition coefficient (Wildman–Crippen LogP) is 3.31. The molecule has 0 unspecified atom stereocenters. The van der Waals surface area contributed by atoms with Crippen molar-refractivity contribution in [2.24, 2.45) is 5.41 Å². The second-order valence-corrected chi connectivity index (χ2v) is 4.99. The third-order valence-electron chi connectivity index (χ3n) is 3.87. The highest BCUT2D eigenvalue weighted by molar-refractivity contribution is 5.74. The third-order valence-corrected chi connectivity index (χ3v) is 3.87. The molecule has 0 aliphatic carbocycles. The van der Waals surface area contributed by atoms with E-state index < -0.39 is 11.4 Å². The molecule has 2 rings (SSSR count). The standard InChI is InChI=1S/C15H17FN2O3/c1-3-15(4-2,14(19)20)9-12-17-13(18-21-12)10-5-7-11(16)8-6-10/h5-8H,3-4,9H2,1-2H3,(H,19,20). The van der Waals surface area contributed by atoms with E-state index in [1.54, 1.807) is 12.1 Å². The Bertz CT molecular complexity index is 618. The van der Waals surface area contributed by atoms with Crippen molar-refractivity contribution < 1.29 is 18.8 Å². The Kier molecular flexibility index (Phi) is 4.35. The lowest BCUT2D eigenvalue weighted by Gasteiger charge is -2.24. The summed E-state index contributed by atoms with van der Waals surface area (Å²) in [4.78, 5) is 15.7. The van der Waals surface area contributed by atoms with E-state index in [0.717, 1.165) is 0 Å². The summed E-state index contributed by atoms with van der Waals surface area (Å²) in [6.45, 7) is 3.66. The molecule has 6 heteroatoms. The molecular weight excluding hydrogens is 275 g/mol. The molecule has 0 bridgehead atoms. The van der Waals surface area contributed by atoms with Crippen molar-refractivity contribution >= 4 is 5.97 Å². The smallest absolute Gasteiger partial charge is 0.310 e. The largest absolute Gasteiger partial charge is 0.481 e. The van der Waals surface area contributed by atoms with E-state index in [9.17, 15) is 14.3 Å². The molecule has 0 saturated heterocycles. The first kappa shape index (κ1) is 15.2. The van der Waals surface area contributed by atoms with E-state index in [1.165, 1.54) is 12.1 Å². The molecule has 0 fully saturated rings. The van der Waals surface area contributed by atoms with Crippen LogP contribution in [0.15, 0.2) is 28.8 Å². The van der Waals surface area contributed by atoms with E-state index in [0.29, 0.717) is 24.2 Å². The monoisotopic (exact) mass is 292 g/mol. The van der Waals surface area contributed by atoms with Crippen LogP contribution in [0, 0.1) is 11.2 Å². The van der Waals surface area contributed by atoms with E-state index in [2.05, 4.69) is 10.1 Å². The number of benzene rings is 1. The molecule has 0 saturated carbocycles. The first-order valence-corrected chi connectivity index (χ1v) is 6.82. The molecule has 0 aliphatic rings. The predicted molar refractivity (Wildman–Crippen MR) is 74.0 cm³/mol. The Morgan fingerprint density at radius 3 is 2.43 bits per heavy atom. The summed E-state index contributed by atoms with van der Waals surface area (Å²) in [5.74, 6) is -0.602. The lowest BCUT2D eigenvalue weighted by Crippen LogP contribution is -2.32. The highest BCUT2D eigenvalue weighted by atomic mass is 19.1. The molecule has 0 amide bonds. The third kappa shape index (κ3) is 3.09. The quantitative estimate of drug-likeness (QED) is 0.884. The molecule has 0 spiro atoms. The Balaban J connectivity index is 2.23. The van der Waals surface area contributed by atoms with Crippen LogP contribution in [-0.4, -0.2) is 21.2 Å². The van der Waals surface area contributed by atoms with Crippen molar-refractivity contribution in [3.63, 3.8) is 0 Å². The van der Waals surface area contributed by atoms with E-state index in [1.807, 2.05) is 13.8 Å². The molecule has 2 aromatic rings. The minimum absolute atomic E-state index is 0.184. The molecule has 0 atom stereocenters. The number of hydrogen-bond acceptors (Lipinski definition) is 4. The van der Waals surface area contributed by atoms with Crippen molar-refractivity contribution in [3.8, 4) is 11.4 Å². The van der Waals surface area contributed by atoms with Crippen LogP contribution < -0.4 is 0 Å². The fourth-order valence-corrected chi connectivity index (χ4v) is 2.21. The van der Waals surface area contributed by atoms with Gasteiger partial charge in [-0.1, -0.05) is 19.0 Å². The Labute approximate surface area is 121 Å². The zero-order valence-electron chi connectivity index (χ0n) is 12.0. The summed E-state index contributed by atoms with van der Waals surface area (Å²) in [5.41, 5.74) is -0.271. The van der Waals surface area contributed by atoms with E-state index in [-0.39, 0.29) is 18.1 Å². The minimum atomic E-state index is -0.896. The summed E-state index contributed by atoms with van der Waals surface area (Å²) in [6.07, 6.45) is 1.14. The zero-order chi connectivity index (χ0) is 15.5. The maximum atomic E-state index is 12.9. The van der Waals surface area contributed by atoms with Crippen molar-refractivity contribution in [1.82, 2.24) is 10.1 Å². The zero-order valence-corrected chi connectivity index (χ0v) is 12.0. The lowest BCUT2D eigenvalue weighted by molar-refractivity contribution is -0.149. The number of aliphatic carboxylic acids is 1. The molecule has 112 valence electrons. The highest BCUT2D eigenvalue weighted by Crippen LogP contribution is 2.31. The van der Waals surface area contributed by atoms with Crippen LogP contribution in [0.25, 0.3) is 11.4 Å². The Hall–Kier alpha value is -2.24. The number of carboxylic acids is 1. The van der Waals surface area contributed by atoms with Gasteiger partial charge in [-0.15, -0.1) is 0 Å². The van der Waals surface area contributed by atoms with Crippen LogP contribution >= 0.6 is 0 Å². The molecule has 1 heterocycles. The maximum Gasteiger partial charge on any atom is 0.310 e. The fraction of sp³-hybridized carbons (Fsp3) is 0.400. The molecule has 1 aromatic carbocycles. The minimum Gasteiger partial charge on any atom is -0.481 e. The molecule has 1 aromatic heterocycles. The van der Waals surface area contributed by atoms with Crippen molar-refractivity contribution in [3.05, 3.63) is 36.0 Å². The van der Waals surface area contributed by atoms with Gasteiger partial charge in [0.2, 0.25) is 11.7 Å². The summed E-state index contributed by atoms with van der Waals surface area (Å²) in [5, 5.41) is 13.2. The van der Waals surface area contributed by atoms with Gasteiger partial charge in [0.15, 0.2) is 0 Å². The summed E-state index contributed by atoms with van der Waals surface area (Å²) in [6, 6.07) is 5.72. The first-order valence-electron chi connectivity index (χ1n) is 6.82. The number of rotatable bonds is 6. The molecular formula is C15H17FN2O3. The molecule has 5 nitrogen and oxygen atoms in total. The lowest BCUT2D eigenvalue weighted by atomic mass is 9.79. The van der Waals surface area contributed by atoms with Gasteiger partial charge in [0.25, 0.3) is 0 Å². The SMILES string of the molecule is CCC(CC)(Cc1nc(-c2ccc(F)cc2)no1)C(=O)O. The van der Waals surface area contributed by atoms with Crippen LogP contribution in [0.2, 0.25) is 0 Å². The molecule has 1 N–H and O–H groups in total. The number of halogens is 1. The van der Waals surface area contributed by atoms with Gasteiger partial charge in [0.05, 0.1) is 5.41 Å². The number of nitrogens with zero attached hydrogens (tertiary/aromatic N) is 2. The van der Waals surface area contributed by atoms with Crippen molar-refractivity contribution in [1.29, 1.82) is 0 Å². The second kappa shape index (κ2) is 6.03. The number of hydrogen-bond donors (Lipinski definition) is 1. The summed E-state index contributed by atoms with van der Waals surface area (Å²) >= 11 is 0. The number of carbonyl (C=O) groups is 1. The normalized spacial score (nSPS) is 11.6. The fourth-order valence-electron chi connectivity index (χ4n) is 2.21. The van der Waals surface area contributed by atoms with Crippen LogP contribution in [0.5, 0.6) is 0 Å². The van der Waals surface area contributed by atoms with Gasteiger partial charge in [-0.25, -0.2) is 4.39 Å². The Morgan fingerprint density at radius 1 is 1.29 bits per heavy atom. The van der Waals surface area contributed by atoms with Gasteiger partial charge in [-0.2, -0.15) is 4.98 Å². The average Bonchev–Trinajstić information content (AvgIpc) is 2.93. The molecule has 0 radical (unpaired) electrons. The van der Waals surface area contributed by atoms with Crippen LogP contribution in [-0.2, 0) is 11.2 Å². The first-order chi connectivity index (χ1) is 10.0. The van der Waals surface area contributed by atoms with E-state index >= 15 is 0 Å². The van der Waals surface area contributed by atoms with Gasteiger partial charge in [0, 0.05) is 12.0 Å². The second-order valence-electron chi connectivity index (χ2n) is 4.99.